The van der Waals surface area contributed by atoms with E-state index in [0.717, 1.165) is 18.4 Å². The number of carboxylic acids is 1. The Bertz CT molecular complexity index is 480. The zero-order chi connectivity index (χ0) is 13.0. The first kappa shape index (κ1) is 12.4. The lowest BCUT2D eigenvalue weighted by atomic mass is 10.0. The molecule has 0 radical (unpaired) electrons. The number of hydrogen-bond donors (Lipinski definition) is 2. The summed E-state index contributed by atoms with van der Waals surface area (Å²) in [7, 11) is 0. The van der Waals surface area contributed by atoms with E-state index >= 15 is 0 Å². The number of aliphatic carboxylic acids is 1. The van der Waals surface area contributed by atoms with E-state index in [4.69, 9.17) is 10.9 Å². The lowest BCUT2D eigenvalue weighted by molar-refractivity contribution is -0.140. The van der Waals surface area contributed by atoms with Crippen molar-refractivity contribution in [2.75, 3.05) is 0 Å². The quantitative estimate of drug-likeness (QED) is 0.791. The molecule has 94 valence electrons. The highest BCUT2D eigenvalue weighted by atomic mass is 16.4. The number of nitrogens with zero attached hydrogens (tertiary/aromatic N) is 1. The van der Waals surface area contributed by atoms with Gasteiger partial charge in [0.05, 0.1) is 0 Å². The SMILES string of the molecule is NN1C=C(CCc2ccccc2)C=CC1C(=O)O. The monoisotopic (exact) mass is 244 g/mol. The van der Waals surface area contributed by atoms with Crippen LogP contribution < -0.4 is 5.84 Å². The van der Waals surface area contributed by atoms with Crippen molar-refractivity contribution in [3.8, 4) is 0 Å². The topological polar surface area (TPSA) is 66.6 Å². The van der Waals surface area contributed by atoms with Crippen molar-refractivity contribution in [3.63, 3.8) is 0 Å². The minimum Gasteiger partial charge on any atom is -0.479 e. The van der Waals surface area contributed by atoms with Crippen molar-refractivity contribution < 1.29 is 9.90 Å². The predicted octanol–water partition coefficient (Wildman–Crippen LogP) is 1.70. The van der Waals surface area contributed by atoms with Gasteiger partial charge in [0.25, 0.3) is 0 Å². The van der Waals surface area contributed by atoms with E-state index in [1.54, 1.807) is 12.3 Å². The first-order chi connectivity index (χ1) is 8.66. The van der Waals surface area contributed by atoms with Crippen LogP contribution in [-0.4, -0.2) is 22.1 Å². The number of carbonyl (C=O) groups is 1. The molecule has 1 aromatic rings. The van der Waals surface area contributed by atoms with Gasteiger partial charge in [0.15, 0.2) is 6.04 Å². The van der Waals surface area contributed by atoms with E-state index < -0.39 is 12.0 Å². The Labute approximate surface area is 106 Å². The van der Waals surface area contributed by atoms with Gasteiger partial charge in [-0.05, 0) is 30.1 Å². The third-order valence-electron chi connectivity index (χ3n) is 2.93. The zero-order valence-electron chi connectivity index (χ0n) is 9.99. The molecule has 1 aromatic carbocycles. The Hall–Kier alpha value is -2.07. The van der Waals surface area contributed by atoms with E-state index in [2.05, 4.69) is 12.1 Å². The molecule has 3 N–H and O–H groups in total. The van der Waals surface area contributed by atoms with Gasteiger partial charge >= 0.3 is 5.97 Å². The molecule has 0 bridgehead atoms. The third-order valence-corrected chi connectivity index (χ3v) is 2.93. The minimum atomic E-state index is -0.938. The maximum Gasteiger partial charge on any atom is 0.331 e. The van der Waals surface area contributed by atoms with E-state index in [9.17, 15) is 4.79 Å². The average Bonchev–Trinajstić information content (AvgIpc) is 2.37. The Morgan fingerprint density at radius 1 is 1.28 bits per heavy atom. The van der Waals surface area contributed by atoms with Gasteiger partial charge in [-0.15, -0.1) is 0 Å². The summed E-state index contributed by atoms with van der Waals surface area (Å²) in [5, 5.41) is 10.1. The van der Waals surface area contributed by atoms with E-state index in [1.807, 2.05) is 24.3 Å². The predicted molar refractivity (Wildman–Crippen MR) is 69.4 cm³/mol. The molecule has 0 saturated carbocycles. The molecule has 1 atom stereocenters. The van der Waals surface area contributed by atoms with Crippen molar-refractivity contribution in [1.82, 2.24) is 5.01 Å². The van der Waals surface area contributed by atoms with Crippen LogP contribution in [0.15, 0.2) is 54.3 Å². The molecule has 0 aromatic heterocycles. The molecule has 0 amide bonds. The molecule has 0 spiro atoms. The summed E-state index contributed by atoms with van der Waals surface area (Å²) in [4.78, 5) is 10.8. The molecular weight excluding hydrogens is 228 g/mol. The maximum atomic E-state index is 10.8. The maximum absolute atomic E-state index is 10.8. The smallest absolute Gasteiger partial charge is 0.331 e. The lowest BCUT2D eigenvalue weighted by Crippen LogP contribution is -2.42. The number of benzene rings is 1. The summed E-state index contributed by atoms with van der Waals surface area (Å²) in [6.45, 7) is 0. The lowest BCUT2D eigenvalue weighted by Gasteiger charge is -2.24. The number of allylic oxidation sites excluding steroid dienone is 2. The first-order valence-electron chi connectivity index (χ1n) is 5.85. The molecule has 4 heteroatoms. The van der Waals surface area contributed by atoms with Gasteiger partial charge in [0, 0.05) is 6.20 Å². The Morgan fingerprint density at radius 3 is 2.61 bits per heavy atom. The fourth-order valence-electron chi connectivity index (χ4n) is 1.92. The Morgan fingerprint density at radius 2 is 2.00 bits per heavy atom. The molecule has 0 saturated heterocycles. The van der Waals surface area contributed by atoms with Crippen molar-refractivity contribution >= 4 is 5.97 Å². The largest absolute Gasteiger partial charge is 0.479 e. The van der Waals surface area contributed by atoms with Gasteiger partial charge in [0.1, 0.15) is 0 Å². The second-order valence-corrected chi connectivity index (χ2v) is 4.28. The number of aryl methyl sites for hydroxylation is 1. The fourth-order valence-corrected chi connectivity index (χ4v) is 1.92. The van der Waals surface area contributed by atoms with Crippen LogP contribution in [0.25, 0.3) is 0 Å². The molecule has 1 heterocycles. The third kappa shape index (κ3) is 2.99. The molecule has 1 aliphatic rings. The van der Waals surface area contributed by atoms with E-state index in [-0.39, 0.29) is 0 Å². The van der Waals surface area contributed by atoms with Crippen molar-refractivity contribution in [3.05, 3.63) is 59.8 Å². The van der Waals surface area contributed by atoms with Crippen LogP contribution >= 0.6 is 0 Å². The van der Waals surface area contributed by atoms with Crippen LogP contribution in [0.2, 0.25) is 0 Å². The minimum absolute atomic E-state index is 0.759. The number of nitrogens with two attached hydrogens (primary N) is 1. The Kier molecular flexibility index (Phi) is 3.79. The van der Waals surface area contributed by atoms with Gasteiger partial charge in [-0.25, -0.2) is 10.6 Å². The standard InChI is InChI=1S/C14H16N2O2/c15-16-10-12(8-9-13(16)14(17)18)7-6-11-4-2-1-3-5-11/h1-5,8-10,13H,6-7,15H2,(H,17,18). The number of hydrazine groups is 1. The highest BCUT2D eigenvalue weighted by Gasteiger charge is 2.21. The summed E-state index contributed by atoms with van der Waals surface area (Å²) >= 11 is 0. The van der Waals surface area contributed by atoms with E-state index in [0.29, 0.717) is 0 Å². The molecule has 18 heavy (non-hydrogen) atoms. The molecule has 1 unspecified atom stereocenters. The molecule has 0 aliphatic carbocycles. The molecule has 2 rings (SSSR count). The average molecular weight is 244 g/mol. The van der Waals surface area contributed by atoms with Crippen LogP contribution in [0.1, 0.15) is 12.0 Å². The van der Waals surface area contributed by atoms with Gasteiger partial charge in [-0.2, -0.15) is 0 Å². The molecular formula is C14H16N2O2. The van der Waals surface area contributed by atoms with Crippen molar-refractivity contribution in [2.45, 2.75) is 18.9 Å². The summed E-state index contributed by atoms with van der Waals surface area (Å²) in [5.74, 6) is 4.73. The van der Waals surface area contributed by atoms with Crippen LogP contribution in [0, 0.1) is 0 Å². The highest BCUT2D eigenvalue weighted by Crippen LogP contribution is 2.16. The summed E-state index contributed by atoms with van der Waals surface area (Å²) in [6, 6.07) is 9.40. The summed E-state index contributed by atoms with van der Waals surface area (Å²) in [5.41, 5.74) is 2.30. The molecule has 1 aliphatic heterocycles. The van der Waals surface area contributed by atoms with Gasteiger partial charge < -0.3 is 5.11 Å². The zero-order valence-corrected chi connectivity index (χ0v) is 9.99. The van der Waals surface area contributed by atoms with Gasteiger partial charge in [-0.1, -0.05) is 36.4 Å². The van der Waals surface area contributed by atoms with Crippen molar-refractivity contribution in [1.29, 1.82) is 0 Å². The van der Waals surface area contributed by atoms with Crippen LogP contribution in [0.3, 0.4) is 0 Å². The van der Waals surface area contributed by atoms with Crippen LogP contribution in [-0.2, 0) is 11.2 Å². The molecule has 4 nitrogen and oxygen atoms in total. The summed E-state index contributed by atoms with van der Waals surface area (Å²) in [6.07, 6.45) is 6.92. The summed E-state index contributed by atoms with van der Waals surface area (Å²) < 4.78 is 0. The normalized spacial score (nSPS) is 18.6. The molecule has 0 fully saturated rings. The van der Waals surface area contributed by atoms with Crippen LogP contribution in [0.5, 0.6) is 0 Å². The van der Waals surface area contributed by atoms with Gasteiger partial charge in [0.2, 0.25) is 0 Å². The van der Waals surface area contributed by atoms with E-state index in [1.165, 1.54) is 10.6 Å². The Balaban J connectivity index is 1.94. The number of hydrogen-bond acceptors (Lipinski definition) is 3. The fraction of sp³-hybridized carbons (Fsp3) is 0.214. The van der Waals surface area contributed by atoms with Crippen molar-refractivity contribution in [2.24, 2.45) is 5.84 Å². The second kappa shape index (κ2) is 5.51. The van der Waals surface area contributed by atoms with Crippen LogP contribution in [0.4, 0.5) is 0 Å². The highest BCUT2D eigenvalue weighted by molar-refractivity contribution is 5.76. The van der Waals surface area contributed by atoms with Gasteiger partial charge in [-0.3, -0.25) is 5.01 Å². The number of rotatable bonds is 4. The second-order valence-electron chi connectivity index (χ2n) is 4.28. The first-order valence-corrected chi connectivity index (χ1v) is 5.85. The number of carboxylic acid groups (broad SMARTS) is 1.